The molecule has 1 aromatic carbocycles. The second kappa shape index (κ2) is 3.88. The van der Waals surface area contributed by atoms with Crippen LogP contribution in [0.3, 0.4) is 0 Å². The highest BCUT2D eigenvalue weighted by Gasteiger charge is 2.25. The first-order valence-corrected chi connectivity index (χ1v) is 6.48. The molecular formula is C10H13N3O2S. The second-order valence-electron chi connectivity index (χ2n) is 3.85. The summed E-state index contributed by atoms with van der Waals surface area (Å²) in [6, 6.07) is 6.15. The molecule has 0 saturated heterocycles. The number of hydrogen-bond donors (Lipinski definition) is 2. The van der Waals surface area contributed by atoms with Crippen LogP contribution >= 0.6 is 0 Å². The van der Waals surface area contributed by atoms with Crippen molar-refractivity contribution in [2.75, 3.05) is 0 Å². The zero-order valence-electron chi connectivity index (χ0n) is 8.63. The number of hydrogen-bond acceptors (Lipinski definition) is 3. The highest BCUT2D eigenvalue weighted by molar-refractivity contribution is 7.89. The minimum absolute atomic E-state index is 0.0531. The molecule has 1 aromatic rings. The Morgan fingerprint density at radius 3 is 2.62 bits per heavy atom. The zero-order valence-corrected chi connectivity index (χ0v) is 9.44. The maximum Gasteiger partial charge on any atom is 0.238 e. The van der Waals surface area contributed by atoms with Gasteiger partial charge in [-0.2, -0.15) is 0 Å². The fourth-order valence-electron chi connectivity index (χ4n) is 1.35. The highest BCUT2D eigenvalue weighted by Crippen LogP contribution is 2.30. The Bertz CT molecular complexity index is 533. The fourth-order valence-corrected chi connectivity index (χ4v) is 1.90. The summed E-state index contributed by atoms with van der Waals surface area (Å²) < 4.78 is 22.2. The summed E-state index contributed by atoms with van der Waals surface area (Å²) in [5, 5.41) is 5.02. The van der Waals surface area contributed by atoms with Crippen molar-refractivity contribution in [2.24, 2.45) is 21.8 Å². The lowest BCUT2D eigenvalue weighted by Crippen LogP contribution is -2.13. The lowest BCUT2D eigenvalue weighted by Gasteiger charge is -2.01. The van der Waals surface area contributed by atoms with Crippen molar-refractivity contribution in [3.63, 3.8) is 0 Å². The van der Waals surface area contributed by atoms with Gasteiger partial charge in [0, 0.05) is 5.92 Å². The third kappa shape index (κ3) is 2.59. The third-order valence-corrected chi connectivity index (χ3v) is 3.31. The zero-order chi connectivity index (χ0) is 11.8. The van der Waals surface area contributed by atoms with Gasteiger partial charge in [-0.1, -0.05) is 6.07 Å². The van der Waals surface area contributed by atoms with E-state index in [4.69, 9.17) is 10.9 Å². The number of sulfonamides is 1. The number of primary sulfonamides is 1. The van der Waals surface area contributed by atoms with E-state index in [0.29, 0.717) is 17.4 Å². The number of aliphatic imine (C=N–C) groups is 1. The molecule has 2 rings (SSSR count). The van der Waals surface area contributed by atoms with Crippen LogP contribution in [0.15, 0.2) is 34.2 Å². The minimum atomic E-state index is -3.68. The SMILES string of the molecule is NC(=Nc1cccc(S(N)(=O)=O)c1)C1CC1. The summed E-state index contributed by atoms with van der Waals surface area (Å²) in [4.78, 5) is 4.22. The summed E-state index contributed by atoms with van der Waals surface area (Å²) in [6.07, 6.45) is 2.12. The monoisotopic (exact) mass is 239 g/mol. The van der Waals surface area contributed by atoms with E-state index >= 15 is 0 Å². The van der Waals surface area contributed by atoms with Crippen molar-refractivity contribution in [1.82, 2.24) is 0 Å². The van der Waals surface area contributed by atoms with E-state index in [1.54, 1.807) is 12.1 Å². The first-order valence-electron chi connectivity index (χ1n) is 4.94. The first kappa shape index (κ1) is 11.1. The van der Waals surface area contributed by atoms with Gasteiger partial charge in [0.05, 0.1) is 10.6 Å². The molecule has 5 nitrogen and oxygen atoms in total. The molecular weight excluding hydrogens is 226 g/mol. The standard InChI is InChI=1S/C10H13N3O2S/c11-10(7-4-5-7)13-8-2-1-3-9(6-8)16(12,14)15/h1-3,6-7H,4-5H2,(H2,11,13)(H2,12,14,15). The molecule has 0 heterocycles. The van der Waals surface area contributed by atoms with Crippen LogP contribution in [0.25, 0.3) is 0 Å². The van der Waals surface area contributed by atoms with Gasteiger partial charge < -0.3 is 5.73 Å². The van der Waals surface area contributed by atoms with Gasteiger partial charge in [-0.15, -0.1) is 0 Å². The Hall–Kier alpha value is -1.40. The predicted octanol–water partition coefficient (Wildman–Crippen LogP) is 0.733. The number of benzene rings is 1. The highest BCUT2D eigenvalue weighted by atomic mass is 32.2. The maximum atomic E-state index is 11.1. The van der Waals surface area contributed by atoms with E-state index in [1.807, 2.05) is 0 Å². The quantitative estimate of drug-likeness (QED) is 0.601. The molecule has 1 aliphatic carbocycles. The van der Waals surface area contributed by atoms with Crippen LogP contribution in [0.1, 0.15) is 12.8 Å². The number of rotatable bonds is 3. The molecule has 1 saturated carbocycles. The summed E-state index contributed by atoms with van der Waals surface area (Å²) >= 11 is 0. The summed E-state index contributed by atoms with van der Waals surface area (Å²) in [6.45, 7) is 0. The molecule has 6 heteroatoms. The predicted molar refractivity (Wildman–Crippen MR) is 61.8 cm³/mol. The van der Waals surface area contributed by atoms with Gasteiger partial charge in [-0.25, -0.2) is 18.5 Å². The average molecular weight is 239 g/mol. The Balaban J connectivity index is 2.32. The lowest BCUT2D eigenvalue weighted by molar-refractivity contribution is 0.598. The van der Waals surface area contributed by atoms with Gasteiger partial charge in [0.2, 0.25) is 10.0 Å². The Morgan fingerprint density at radius 2 is 2.06 bits per heavy atom. The van der Waals surface area contributed by atoms with Crippen LogP contribution < -0.4 is 10.9 Å². The molecule has 0 radical (unpaired) electrons. The van der Waals surface area contributed by atoms with Gasteiger partial charge in [0.1, 0.15) is 5.84 Å². The maximum absolute atomic E-state index is 11.1. The van der Waals surface area contributed by atoms with Gasteiger partial charge in [-0.05, 0) is 31.0 Å². The second-order valence-corrected chi connectivity index (χ2v) is 5.41. The average Bonchev–Trinajstić information content (AvgIpc) is 2.99. The van der Waals surface area contributed by atoms with Gasteiger partial charge in [0.25, 0.3) is 0 Å². The molecule has 0 amide bonds. The fraction of sp³-hybridized carbons (Fsp3) is 0.300. The molecule has 16 heavy (non-hydrogen) atoms. The van der Waals surface area contributed by atoms with Crippen LogP contribution in [0.4, 0.5) is 5.69 Å². The Kier molecular flexibility index (Phi) is 2.69. The smallest absolute Gasteiger partial charge is 0.238 e. The van der Waals surface area contributed by atoms with Crippen LogP contribution in [0, 0.1) is 5.92 Å². The molecule has 0 spiro atoms. The Morgan fingerprint density at radius 1 is 1.38 bits per heavy atom. The molecule has 0 aromatic heterocycles. The first-order chi connectivity index (χ1) is 7.47. The van der Waals surface area contributed by atoms with E-state index in [9.17, 15) is 8.42 Å². The van der Waals surface area contributed by atoms with E-state index in [-0.39, 0.29) is 4.90 Å². The molecule has 1 fully saturated rings. The minimum Gasteiger partial charge on any atom is -0.387 e. The van der Waals surface area contributed by atoms with E-state index < -0.39 is 10.0 Å². The summed E-state index contributed by atoms with van der Waals surface area (Å²) in [5.41, 5.74) is 6.26. The summed E-state index contributed by atoms with van der Waals surface area (Å²) in [5.74, 6) is 0.921. The van der Waals surface area contributed by atoms with Crippen molar-refractivity contribution in [3.05, 3.63) is 24.3 Å². The lowest BCUT2D eigenvalue weighted by atomic mass is 10.3. The van der Waals surface area contributed by atoms with Crippen molar-refractivity contribution in [3.8, 4) is 0 Å². The van der Waals surface area contributed by atoms with Gasteiger partial charge in [0.15, 0.2) is 0 Å². The van der Waals surface area contributed by atoms with Crippen molar-refractivity contribution >= 4 is 21.5 Å². The Labute approximate surface area is 94.2 Å². The molecule has 0 aliphatic heterocycles. The van der Waals surface area contributed by atoms with Crippen LogP contribution in [-0.4, -0.2) is 14.3 Å². The largest absolute Gasteiger partial charge is 0.387 e. The van der Waals surface area contributed by atoms with Crippen molar-refractivity contribution in [1.29, 1.82) is 0 Å². The summed E-state index contributed by atoms with van der Waals surface area (Å²) in [7, 11) is -3.68. The number of nitrogens with zero attached hydrogens (tertiary/aromatic N) is 1. The van der Waals surface area contributed by atoms with Crippen molar-refractivity contribution < 1.29 is 8.42 Å². The van der Waals surface area contributed by atoms with E-state index in [1.165, 1.54) is 12.1 Å². The molecule has 0 atom stereocenters. The van der Waals surface area contributed by atoms with Crippen LogP contribution in [0.2, 0.25) is 0 Å². The number of nitrogens with two attached hydrogens (primary N) is 2. The van der Waals surface area contributed by atoms with Crippen LogP contribution in [0.5, 0.6) is 0 Å². The van der Waals surface area contributed by atoms with Gasteiger partial charge >= 0.3 is 0 Å². The topological polar surface area (TPSA) is 98.5 Å². The normalized spacial score (nSPS) is 17.4. The van der Waals surface area contributed by atoms with E-state index in [2.05, 4.69) is 4.99 Å². The molecule has 0 unspecified atom stereocenters. The van der Waals surface area contributed by atoms with E-state index in [0.717, 1.165) is 12.8 Å². The van der Waals surface area contributed by atoms with Crippen molar-refractivity contribution in [2.45, 2.75) is 17.7 Å². The molecule has 0 bridgehead atoms. The molecule has 86 valence electrons. The molecule has 4 N–H and O–H groups in total. The number of amidine groups is 1. The van der Waals surface area contributed by atoms with Gasteiger partial charge in [-0.3, -0.25) is 0 Å². The van der Waals surface area contributed by atoms with Crippen LogP contribution in [-0.2, 0) is 10.0 Å². The third-order valence-electron chi connectivity index (χ3n) is 2.40. The molecule has 1 aliphatic rings.